The van der Waals surface area contributed by atoms with Gasteiger partial charge in [-0.05, 0) is 46.6 Å². The van der Waals surface area contributed by atoms with Crippen molar-refractivity contribution in [3.63, 3.8) is 0 Å². The molecule has 3 aromatic rings. The van der Waals surface area contributed by atoms with Crippen molar-refractivity contribution in [1.29, 1.82) is 0 Å². The highest BCUT2D eigenvalue weighted by atomic mass is 16.2. The number of pyridine rings is 1. The van der Waals surface area contributed by atoms with E-state index in [1.54, 1.807) is 17.1 Å². The number of hydrogen-bond acceptors (Lipinski definition) is 5. The molecular weight excluding hydrogens is 394 g/mol. The fourth-order valence-corrected chi connectivity index (χ4v) is 4.02. The minimum Gasteiger partial charge on any atom is -0.339 e. The van der Waals surface area contributed by atoms with Crippen LogP contribution in [0.3, 0.4) is 0 Å². The lowest BCUT2D eigenvalue weighted by atomic mass is 9.95. The quantitative estimate of drug-likeness (QED) is 0.680. The highest BCUT2D eigenvalue weighted by Gasteiger charge is 2.29. The van der Waals surface area contributed by atoms with Gasteiger partial charge in [-0.15, -0.1) is 0 Å². The lowest BCUT2D eigenvalue weighted by Crippen LogP contribution is -2.41. The summed E-state index contributed by atoms with van der Waals surface area (Å²) in [5, 5.41) is 12.4. The second-order valence-electron chi connectivity index (χ2n) is 8.36. The molecule has 4 rings (SSSR count). The summed E-state index contributed by atoms with van der Waals surface area (Å²) in [4.78, 5) is 32.2. The molecule has 0 spiro atoms. The standard InChI is InChI=1S/C22H29N7O2/c1-5-28-13-18(12-23-28)26-21(30)16-6-8-27(9-7-16)22(31)19-10-17-11-24-29(14(2)3)20(17)25-15(19)4/h10-14,16H,5-9H2,1-4H3,(H,26,30). The number of aryl methyl sites for hydroxylation is 2. The zero-order valence-electron chi connectivity index (χ0n) is 18.5. The van der Waals surface area contributed by atoms with Gasteiger partial charge in [0.1, 0.15) is 0 Å². The summed E-state index contributed by atoms with van der Waals surface area (Å²) < 4.78 is 3.64. The van der Waals surface area contributed by atoms with Gasteiger partial charge in [0.2, 0.25) is 5.91 Å². The van der Waals surface area contributed by atoms with Crippen molar-refractivity contribution in [3.8, 4) is 0 Å². The normalized spacial score (nSPS) is 15.1. The Balaban J connectivity index is 1.41. The van der Waals surface area contributed by atoms with Gasteiger partial charge in [-0.2, -0.15) is 10.2 Å². The van der Waals surface area contributed by atoms with Crippen molar-refractivity contribution in [2.24, 2.45) is 5.92 Å². The summed E-state index contributed by atoms with van der Waals surface area (Å²) in [7, 11) is 0. The monoisotopic (exact) mass is 423 g/mol. The third kappa shape index (κ3) is 4.17. The Morgan fingerprint density at radius 1 is 1.19 bits per heavy atom. The molecule has 0 atom stereocenters. The maximum Gasteiger partial charge on any atom is 0.255 e. The molecule has 0 aromatic carbocycles. The summed E-state index contributed by atoms with van der Waals surface area (Å²) >= 11 is 0. The molecule has 0 unspecified atom stereocenters. The molecule has 4 heterocycles. The number of hydrogen-bond donors (Lipinski definition) is 1. The minimum absolute atomic E-state index is 0.0110. The van der Waals surface area contributed by atoms with Crippen LogP contribution in [0.4, 0.5) is 5.69 Å². The van der Waals surface area contributed by atoms with E-state index >= 15 is 0 Å². The molecule has 2 amide bonds. The maximum absolute atomic E-state index is 13.2. The summed E-state index contributed by atoms with van der Waals surface area (Å²) in [5.41, 5.74) is 2.81. The first kappa shape index (κ1) is 21.0. The van der Waals surface area contributed by atoms with Crippen LogP contribution in [-0.4, -0.2) is 54.3 Å². The van der Waals surface area contributed by atoms with Gasteiger partial charge in [-0.1, -0.05) is 0 Å². The molecular formula is C22H29N7O2. The number of carbonyl (C=O) groups excluding carboxylic acids is 2. The number of piperidine rings is 1. The van der Waals surface area contributed by atoms with Crippen LogP contribution in [0.5, 0.6) is 0 Å². The number of nitrogens with one attached hydrogen (secondary N) is 1. The minimum atomic E-state index is -0.111. The number of likely N-dealkylation sites (tertiary alicyclic amines) is 1. The largest absolute Gasteiger partial charge is 0.339 e. The van der Waals surface area contributed by atoms with Crippen molar-refractivity contribution in [2.45, 2.75) is 53.1 Å². The summed E-state index contributed by atoms with van der Waals surface area (Å²) in [6.45, 7) is 9.82. The third-order valence-electron chi connectivity index (χ3n) is 5.86. The van der Waals surface area contributed by atoms with Crippen LogP contribution >= 0.6 is 0 Å². The van der Waals surface area contributed by atoms with Gasteiger partial charge in [-0.25, -0.2) is 9.67 Å². The number of nitrogens with zero attached hydrogens (tertiary/aromatic N) is 6. The Morgan fingerprint density at radius 3 is 2.58 bits per heavy atom. The van der Waals surface area contributed by atoms with Crippen molar-refractivity contribution < 1.29 is 9.59 Å². The third-order valence-corrected chi connectivity index (χ3v) is 5.86. The first-order valence-corrected chi connectivity index (χ1v) is 10.8. The second-order valence-corrected chi connectivity index (χ2v) is 8.36. The number of anilines is 1. The predicted octanol–water partition coefficient (Wildman–Crippen LogP) is 3.03. The fourth-order valence-electron chi connectivity index (χ4n) is 4.02. The molecule has 9 heteroatoms. The van der Waals surface area contributed by atoms with Gasteiger partial charge in [0.15, 0.2) is 5.65 Å². The van der Waals surface area contributed by atoms with E-state index in [0.717, 1.165) is 17.6 Å². The van der Waals surface area contributed by atoms with E-state index < -0.39 is 0 Å². The maximum atomic E-state index is 13.2. The van der Waals surface area contributed by atoms with Crippen molar-refractivity contribution in [2.75, 3.05) is 18.4 Å². The van der Waals surface area contributed by atoms with Gasteiger partial charge in [-0.3, -0.25) is 14.3 Å². The Bertz CT molecular complexity index is 1110. The lowest BCUT2D eigenvalue weighted by Gasteiger charge is -2.31. The Kier molecular flexibility index (Phi) is 5.75. The zero-order valence-corrected chi connectivity index (χ0v) is 18.5. The van der Waals surface area contributed by atoms with E-state index in [1.165, 1.54) is 0 Å². The van der Waals surface area contributed by atoms with Crippen LogP contribution in [0.25, 0.3) is 11.0 Å². The van der Waals surface area contributed by atoms with Crippen LogP contribution in [-0.2, 0) is 11.3 Å². The average Bonchev–Trinajstić information content (AvgIpc) is 3.39. The Morgan fingerprint density at radius 2 is 1.94 bits per heavy atom. The number of amides is 2. The Hall–Kier alpha value is -3.23. The summed E-state index contributed by atoms with van der Waals surface area (Å²) in [5.74, 6) is -0.157. The van der Waals surface area contributed by atoms with E-state index in [0.29, 0.717) is 42.9 Å². The van der Waals surface area contributed by atoms with Gasteiger partial charge in [0, 0.05) is 43.2 Å². The van der Waals surface area contributed by atoms with Crippen molar-refractivity contribution >= 4 is 28.5 Å². The molecule has 1 aliphatic heterocycles. The van der Waals surface area contributed by atoms with Gasteiger partial charge >= 0.3 is 0 Å². The smallest absolute Gasteiger partial charge is 0.255 e. The Labute approximate surface area is 181 Å². The van der Waals surface area contributed by atoms with E-state index in [-0.39, 0.29) is 23.8 Å². The highest BCUT2D eigenvalue weighted by Crippen LogP contribution is 2.24. The SMILES string of the molecule is CCn1cc(NC(=O)C2CCN(C(=O)c3cc4cnn(C(C)C)c4nc3C)CC2)cn1. The highest BCUT2D eigenvalue weighted by molar-refractivity contribution is 5.98. The van der Waals surface area contributed by atoms with E-state index in [2.05, 4.69) is 34.3 Å². The molecule has 164 valence electrons. The number of fused-ring (bicyclic) bond motifs is 1. The number of aromatic nitrogens is 5. The van der Waals surface area contributed by atoms with Gasteiger partial charge in [0.25, 0.3) is 5.91 Å². The van der Waals surface area contributed by atoms with E-state index in [1.807, 2.05) is 35.7 Å². The first-order chi connectivity index (χ1) is 14.9. The molecule has 0 radical (unpaired) electrons. The molecule has 1 N–H and O–H groups in total. The molecule has 0 aliphatic carbocycles. The first-order valence-electron chi connectivity index (χ1n) is 10.8. The fraction of sp³-hybridized carbons (Fsp3) is 0.500. The molecule has 1 saturated heterocycles. The summed E-state index contributed by atoms with van der Waals surface area (Å²) in [6, 6.07) is 2.09. The molecule has 1 fully saturated rings. The zero-order chi connectivity index (χ0) is 22.1. The molecule has 0 bridgehead atoms. The van der Waals surface area contributed by atoms with E-state index in [9.17, 15) is 9.59 Å². The summed E-state index contributed by atoms with van der Waals surface area (Å²) in [6.07, 6.45) is 6.52. The van der Waals surface area contributed by atoms with Crippen LogP contribution in [0.2, 0.25) is 0 Å². The topological polar surface area (TPSA) is 97.9 Å². The second kappa shape index (κ2) is 8.49. The molecule has 0 saturated carbocycles. The van der Waals surface area contributed by atoms with Crippen molar-refractivity contribution in [3.05, 3.63) is 35.9 Å². The van der Waals surface area contributed by atoms with Crippen LogP contribution in [0.15, 0.2) is 24.7 Å². The van der Waals surface area contributed by atoms with Crippen LogP contribution in [0.1, 0.15) is 55.7 Å². The predicted molar refractivity (Wildman–Crippen MR) is 118 cm³/mol. The lowest BCUT2D eigenvalue weighted by molar-refractivity contribution is -0.121. The molecule has 31 heavy (non-hydrogen) atoms. The number of rotatable bonds is 5. The molecule has 3 aromatic heterocycles. The van der Waals surface area contributed by atoms with Gasteiger partial charge < -0.3 is 10.2 Å². The van der Waals surface area contributed by atoms with Gasteiger partial charge in [0.05, 0.1) is 29.3 Å². The molecule has 9 nitrogen and oxygen atoms in total. The van der Waals surface area contributed by atoms with Crippen molar-refractivity contribution in [1.82, 2.24) is 29.4 Å². The molecule has 1 aliphatic rings. The number of carbonyl (C=O) groups is 2. The van der Waals surface area contributed by atoms with Crippen LogP contribution in [0, 0.1) is 12.8 Å². The van der Waals surface area contributed by atoms with E-state index in [4.69, 9.17) is 0 Å². The average molecular weight is 424 g/mol. The van der Waals surface area contributed by atoms with Crippen LogP contribution < -0.4 is 5.32 Å².